The van der Waals surface area contributed by atoms with Crippen molar-refractivity contribution in [2.75, 3.05) is 0 Å². The molecular formula is C120H74N4. The normalized spacial score (nSPS) is 12.0. The van der Waals surface area contributed by atoms with Gasteiger partial charge in [0, 0.05) is 65.8 Å². The largest absolute Gasteiger partial charge is 0.309 e. The summed E-state index contributed by atoms with van der Waals surface area (Å²) in [7, 11) is 0. The van der Waals surface area contributed by atoms with E-state index in [4.69, 9.17) is 0 Å². The van der Waals surface area contributed by atoms with Gasteiger partial charge in [-0.05, 0) is 287 Å². The summed E-state index contributed by atoms with van der Waals surface area (Å²) in [6.07, 6.45) is 0. The zero-order chi connectivity index (χ0) is 81.2. The van der Waals surface area contributed by atoms with E-state index in [9.17, 15) is 0 Å². The lowest BCUT2D eigenvalue weighted by Gasteiger charge is -2.14. The third kappa shape index (κ3) is 10.8. The Labute approximate surface area is 713 Å². The number of rotatable bonds is 8. The van der Waals surface area contributed by atoms with Crippen LogP contribution < -0.4 is 0 Å². The Morgan fingerprint density at radius 2 is 0.387 bits per heavy atom. The standard InChI is InChI=1S/C62H38N2.C58H36N2/c1-2-13-46(14-3-1)63-58-20-10-8-17-52(58)56-36-40(27-32-60(56)63)41-28-33-61-57(37-41)53-18-9-11-21-59(53)64(61)47-29-31-49-44(35-47)24-23-42-34-43(26-30-48(42)49)55-38-45-25-22-39-12-4-5-15-50(39)62(45)54-19-7-6-16-51(54)55;1-2-13-44(14-3-1)59-54-20-10-8-17-48(54)52-34-39(27-30-56(52)59)40-28-31-57-53(35-40)49-18-9-11-21-55(49)60(57)45-29-26-37-22-24-41(32-43(37)33-45)51-36-42-25-23-38-12-4-5-15-46(38)58(42)50-19-7-6-16-47(50)51/h1-38H;1-36H. The van der Waals surface area contributed by atoms with Crippen LogP contribution in [0, 0.1) is 0 Å². The SMILES string of the molecule is c1ccc(-n2c3ccccc3c3cc(-c4ccc5c(c4)c4ccccc4n5-c4ccc5c(ccc6cc(-c7cc8ccc9ccccc9c8c8ccccc78)ccc65)c4)ccc32)cc1.c1ccc(-n2c3ccccc3c3cc(-c4ccc5c(c4)c4ccccc4n5-c4ccc5ccc(-c6cc7ccc8ccccc8c7c7ccccc67)cc5c4)ccc32)cc1. The van der Waals surface area contributed by atoms with Crippen LogP contribution in [-0.4, -0.2) is 18.3 Å². The molecule has 0 aliphatic carbocycles. The summed E-state index contributed by atoms with van der Waals surface area (Å²) < 4.78 is 9.63. The van der Waals surface area contributed by atoms with E-state index in [-0.39, 0.29) is 0 Å². The molecule has 4 nitrogen and oxygen atoms in total. The van der Waals surface area contributed by atoms with Gasteiger partial charge in [-0.1, -0.05) is 303 Å². The molecule has 27 aromatic rings. The summed E-state index contributed by atoms with van der Waals surface area (Å²) in [5, 5.41) is 32.9. The van der Waals surface area contributed by atoms with Gasteiger partial charge in [-0.25, -0.2) is 0 Å². The zero-order valence-electron chi connectivity index (χ0n) is 67.5. The molecule has 0 amide bonds. The van der Waals surface area contributed by atoms with Gasteiger partial charge in [-0.15, -0.1) is 0 Å². The van der Waals surface area contributed by atoms with Gasteiger partial charge in [0.05, 0.1) is 44.1 Å². The highest BCUT2D eigenvalue weighted by atomic mass is 15.0. The molecule has 4 heteroatoms. The molecule has 0 atom stereocenters. The maximum Gasteiger partial charge on any atom is 0.0541 e. The maximum atomic E-state index is 2.44. The molecular weight excluding hydrogens is 1500 g/mol. The fraction of sp³-hybridized carbons (Fsp3) is 0. The van der Waals surface area contributed by atoms with Crippen molar-refractivity contribution in [2.24, 2.45) is 0 Å². The van der Waals surface area contributed by atoms with E-state index in [2.05, 4.69) is 467 Å². The molecule has 0 unspecified atom stereocenters. The summed E-state index contributed by atoms with van der Waals surface area (Å²) in [4.78, 5) is 0. The fourth-order valence-corrected chi connectivity index (χ4v) is 21.0. The smallest absolute Gasteiger partial charge is 0.0541 e. The monoisotopic (exact) mass is 1570 g/mol. The molecule has 27 rings (SSSR count). The van der Waals surface area contributed by atoms with Gasteiger partial charge in [0.2, 0.25) is 0 Å². The zero-order valence-corrected chi connectivity index (χ0v) is 67.5. The molecule has 0 radical (unpaired) electrons. The van der Waals surface area contributed by atoms with Gasteiger partial charge < -0.3 is 18.3 Å². The van der Waals surface area contributed by atoms with Crippen LogP contribution >= 0.6 is 0 Å². The first-order valence-electron chi connectivity index (χ1n) is 42.9. The van der Waals surface area contributed by atoms with Crippen LogP contribution in [0.25, 0.3) is 251 Å². The van der Waals surface area contributed by atoms with Gasteiger partial charge in [0.15, 0.2) is 0 Å². The number of aromatic nitrogens is 4. The molecule has 0 N–H and O–H groups in total. The third-order valence-corrected chi connectivity index (χ3v) is 26.7. The van der Waals surface area contributed by atoms with E-state index in [1.54, 1.807) is 0 Å². The first kappa shape index (κ1) is 69.5. The molecule has 23 aromatic carbocycles. The van der Waals surface area contributed by atoms with Gasteiger partial charge >= 0.3 is 0 Å². The first-order valence-corrected chi connectivity index (χ1v) is 42.9. The number of nitrogens with zero attached hydrogens (tertiary/aromatic N) is 4. The van der Waals surface area contributed by atoms with Crippen LogP contribution in [0.2, 0.25) is 0 Å². The number of hydrogen-bond donors (Lipinski definition) is 0. The average Bonchev–Trinajstić information content (AvgIpc) is 1.19. The number of benzene rings is 23. The summed E-state index contributed by atoms with van der Waals surface area (Å²) in [6.45, 7) is 0. The van der Waals surface area contributed by atoms with E-state index in [0.717, 1.165) is 11.4 Å². The van der Waals surface area contributed by atoms with Crippen LogP contribution in [0.15, 0.2) is 449 Å². The minimum absolute atomic E-state index is 1.16. The molecule has 4 aromatic heterocycles. The topological polar surface area (TPSA) is 19.7 Å². The number of fused-ring (bicyclic) bond motifs is 26. The van der Waals surface area contributed by atoms with Crippen molar-refractivity contribution in [1.29, 1.82) is 0 Å². The third-order valence-electron chi connectivity index (χ3n) is 26.7. The first-order chi connectivity index (χ1) is 61.5. The highest BCUT2D eigenvalue weighted by molar-refractivity contribution is 6.26. The molecule has 0 saturated carbocycles. The molecule has 0 fully saturated rings. The second-order valence-corrected chi connectivity index (χ2v) is 33.4. The van der Waals surface area contributed by atoms with Crippen LogP contribution in [-0.2, 0) is 0 Å². The van der Waals surface area contributed by atoms with Crippen molar-refractivity contribution in [1.82, 2.24) is 18.3 Å². The Morgan fingerprint density at radius 1 is 0.113 bits per heavy atom. The van der Waals surface area contributed by atoms with Crippen molar-refractivity contribution < 1.29 is 0 Å². The van der Waals surface area contributed by atoms with Gasteiger partial charge in [0.1, 0.15) is 0 Å². The van der Waals surface area contributed by atoms with E-state index in [1.807, 2.05) is 0 Å². The van der Waals surface area contributed by atoms with Crippen LogP contribution in [0.4, 0.5) is 0 Å². The summed E-state index contributed by atoms with van der Waals surface area (Å²) >= 11 is 0. The quantitative estimate of drug-likeness (QED) is 0.135. The molecule has 0 saturated heterocycles. The molecule has 0 aliphatic heterocycles. The van der Waals surface area contributed by atoms with Crippen molar-refractivity contribution in [3.8, 4) is 67.3 Å². The predicted octanol–water partition coefficient (Wildman–Crippen LogP) is 32.8. The van der Waals surface area contributed by atoms with Crippen molar-refractivity contribution in [3.63, 3.8) is 0 Å². The van der Waals surface area contributed by atoms with E-state index in [0.29, 0.717) is 0 Å². The Balaban J connectivity index is 0.000000133. The number of hydrogen-bond acceptors (Lipinski definition) is 0. The molecule has 0 spiro atoms. The molecule has 574 valence electrons. The lowest BCUT2D eigenvalue weighted by atomic mass is 9.90. The van der Waals surface area contributed by atoms with E-state index < -0.39 is 0 Å². The van der Waals surface area contributed by atoms with E-state index in [1.165, 1.54) is 240 Å². The summed E-state index contributed by atoms with van der Waals surface area (Å²) in [5.41, 5.74) is 24.2. The van der Waals surface area contributed by atoms with Crippen molar-refractivity contribution in [3.05, 3.63) is 449 Å². The molecule has 0 aliphatic rings. The van der Waals surface area contributed by atoms with Gasteiger partial charge in [-0.3, -0.25) is 0 Å². The molecule has 4 heterocycles. The predicted molar refractivity (Wildman–Crippen MR) is 530 cm³/mol. The van der Waals surface area contributed by atoms with Gasteiger partial charge in [0.25, 0.3) is 0 Å². The average molecular weight is 1570 g/mol. The van der Waals surface area contributed by atoms with Crippen LogP contribution in [0.5, 0.6) is 0 Å². The lowest BCUT2D eigenvalue weighted by Crippen LogP contribution is -1.94. The minimum atomic E-state index is 1.16. The van der Waals surface area contributed by atoms with Crippen molar-refractivity contribution >= 4 is 184 Å². The van der Waals surface area contributed by atoms with Crippen molar-refractivity contribution in [2.45, 2.75) is 0 Å². The maximum absolute atomic E-state index is 2.44. The summed E-state index contributed by atoms with van der Waals surface area (Å²) in [6, 6.07) is 166. The lowest BCUT2D eigenvalue weighted by molar-refractivity contribution is 1.18. The Hall–Kier alpha value is -16.4. The molecule has 124 heavy (non-hydrogen) atoms. The molecule has 0 bridgehead atoms. The Kier molecular flexibility index (Phi) is 15.5. The van der Waals surface area contributed by atoms with E-state index >= 15 is 0 Å². The van der Waals surface area contributed by atoms with Crippen LogP contribution in [0.3, 0.4) is 0 Å². The highest BCUT2D eigenvalue weighted by Gasteiger charge is 2.22. The second-order valence-electron chi connectivity index (χ2n) is 33.4. The Morgan fingerprint density at radius 3 is 0.815 bits per heavy atom. The second kappa shape index (κ2) is 27.6. The summed E-state index contributed by atoms with van der Waals surface area (Å²) in [5.74, 6) is 0. The van der Waals surface area contributed by atoms with Crippen LogP contribution in [0.1, 0.15) is 0 Å². The minimum Gasteiger partial charge on any atom is -0.309 e. The van der Waals surface area contributed by atoms with Gasteiger partial charge in [-0.2, -0.15) is 0 Å². The Bertz CT molecular complexity index is 9190. The fourth-order valence-electron chi connectivity index (χ4n) is 21.0. The highest BCUT2D eigenvalue weighted by Crippen LogP contribution is 2.47. The number of para-hydroxylation sites is 6.